The van der Waals surface area contributed by atoms with Crippen LogP contribution in [0.3, 0.4) is 0 Å². The summed E-state index contributed by atoms with van der Waals surface area (Å²) in [6.45, 7) is 7.06. The highest BCUT2D eigenvalue weighted by Crippen LogP contribution is 2.28. The third-order valence-corrected chi connectivity index (χ3v) is 3.31. The van der Waals surface area contributed by atoms with Crippen LogP contribution < -0.4 is 10.5 Å². The first-order valence-corrected chi connectivity index (χ1v) is 7.72. The molecule has 1 aromatic rings. The van der Waals surface area contributed by atoms with E-state index in [1.807, 2.05) is 45.2 Å². The van der Waals surface area contributed by atoms with Crippen LogP contribution in [0.4, 0.5) is 0 Å². The third kappa shape index (κ3) is 5.38. The summed E-state index contributed by atoms with van der Waals surface area (Å²) in [7, 11) is 0. The van der Waals surface area contributed by atoms with Gasteiger partial charge in [-0.1, -0.05) is 18.3 Å². The molecule has 0 radical (unpaired) electrons. The number of benzene rings is 1. The molecule has 0 aliphatic carbocycles. The van der Waals surface area contributed by atoms with Crippen LogP contribution in [0.2, 0.25) is 0 Å². The first-order chi connectivity index (χ1) is 8.85. The maximum Gasteiger partial charge on any atom is 0.130 e. The maximum absolute atomic E-state index is 5.77. The molecule has 106 valence electrons. The van der Waals surface area contributed by atoms with E-state index in [1.54, 1.807) is 11.8 Å². The molecule has 0 aliphatic rings. The molecule has 1 aromatic carbocycles. The van der Waals surface area contributed by atoms with Crippen LogP contribution in [0.25, 0.3) is 0 Å². The van der Waals surface area contributed by atoms with Crippen LogP contribution in [0, 0.1) is 0 Å². The number of thiocarbonyl (C=S) groups is 1. The Morgan fingerprint density at radius 2 is 2.00 bits per heavy atom. The largest absolute Gasteiger partial charge is 0.490 e. The Kier molecular flexibility index (Phi) is 6.10. The molecule has 0 aromatic heterocycles. The summed E-state index contributed by atoms with van der Waals surface area (Å²) in [6, 6.07) is 5.80. The number of rotatable bonds is 6. The molecular formula is C14H21NO2S2. The summed E-state index contributed by atoms with van der Waals surface area (Å²) in [4.78, 5) is 1.39. The van der Waals surface area contributed by atoms with E-state index in [1.165, 1.54) is 0 Å². The molecule has 19 heavy (non-hydrogen) atoms. The molecule has 0 bridgehead atoms. The van der Waals surface area contributed by atoms with Gasteiger partial charge in [-0.2, -0.15) is 0 Å². The van der Waals surface area contributed by atoms with Crippen LogP contribution in [-0.4, -0.2) is 30.1 Å². The SMILES string of the molecule is CSc1cccc(OCCOC(C)(C)C)c1C(N)=S. The topological polar surface area (TPSA) is 44.5 Å². The Hall–Kier alpha value is -0.780. The van der Waals surface area contributed by atoms with Crippen LogP contribution in [0.5, 0.6) is 5.75 Å². The number of thioether (sulfide) groups is 1. The van der Waals surface area contributed by atoms with Gasteiger partial charge in [-0.15, -0.1) is 11.8 Å². The van der Waals surface area contributed by atoms with Crippen LogP contribution in [0.1, 0.15) is 26.3 Å². The third-order valence-electron chi connectivity index (χ3n) is 2.33. The summed E-state index contributed by atoms with van der Waals surface area (Å²) >= 11 is 6.70. The normalized spacial score (nSPS) is 11.4. The standard InChI is InChI=1S/C14H21NO2S2/c1-14(2,3)17-9-8-16-10-6-5-7-11(19-4)12(10)13(15)18/h5-7H,8-9H2,1-4H3,(H2,15,18). The number of hydrogen-bond donors (Lipinski definition) is 1. The fourth-order valence-electron chi connectivity index (χ4n) is 1.54. The lowest BCUT2D eigenvalue weighted by molar-refractivity contribution is -0.0163. The second kappa shape index (κ2) is 7.12. The van der Waals surface area contributed by atoms with E-state index in [9.17, 15) is 0 Å². The van der Waals surface area contributed by atoms with E-state index in [-0.39, 0.29) is 5.60 Å². The molecule has 0 atom stereocenters. The summed E-state index contributed by atoms with van der Waals surface area (Å²) in [5.74, 6) is 0.719. The molecule has 3 nitrogen and oxygen atoms in total. The summed E-state index contributed by atoms with van der Waals surface area (Å²) < 4.78 is 11.3. The van der Waals surface area contributed by atoms with Crippen molar-refractivity contribution in [2.45, 2.75) is 31.3 Å². The van der Waals surface area contributed by atoms with Crippen molar-refractivity contribution in [2.75, 3.05) is 19.5 Å². The second-order valence-electron chi connectivity index (χ2n) is 5.01. The van der Waals surface area contributed by atoms with Gasteiger partial charge in [-0.3, -0.25) is 0 Å². The van der Waals surface area contributed by atoms with Crippen LogP contribution in [0.15, 0.2) is 23.1 Å². The van der Waals surface area contributed by atoms with Gasteiger partial charge in [0.1, 0.15) is 17.3 Å². The van der Waals surface area contributed by atoms with Crippen molar-refractivity contribution in [1.82, 2.24) is 0 Å². The maximum atomic E-state index is 5.77. The van der Waals surface area contributed by atoms with Crippen LogP contribution >= 0.6 is 24.0 Å². The van der Waals surface area contributed by atoms with Crippen molar-refractivity contribution >= 4 is 29.0 Å². The van der Waals surface area contributed by atoms with Crippen molar-refractivity contribution in [2.24, 2.45) is 5.73 Å². The van der Waals surface area contributed by atoms with E-state index in [0.29, 0.717) is 18.2 Å². The smallest absolute Gasteiger partial charge is 0.130 e. The molecule has 1 rings (SSSR count). The van der Waals surface area contributed by atoms with Gasteiger partial charge < -0.3 is 15.2 Å². The van der Waals surface area contributed by atoms with Gasteiger partial charge >= 0.3 is 0 Å². The van der Waals surface area contributed by atoms with Gasteiger partial charge in [-0.25, -0.2) is 0 Å². The van der Waals surface area contributed by atoms with Crippen LogP contribution in [-0.2, 0) is 4.74 Å². The van der Waals surface area contributed by atoms with E-state index >= 15 is 0 Å². The number of ether oxygens (including phenoxy) is 2. The zero-order valence-electron chi connectivity index (χ0n) is 11.9. The molecule has 0 saturated heterocycles. The number of hydrogen-bond acceptors (Lipinski definition) is 4. The van der Waals surface area contributed by atoms with Gasteiger partial charge in [0, 0.05) is 4.90 Å². The summed E-state index contributed by atoms with van der Waals surface area (Å²) in [5, 5.41) is 0. The molecule has 5 heteroatoms. The fourth-order valence-corrected chi connectivity index (χ4v) is 2.45. The lowest BCUT2D eigenvalue weighted by atomic mass is 10.2. The highest BCUT2D eigenvalue weighted by atomic mass is 32.2. The Balaban J connectivity index is 2.70. The predicted octanol–water partition coefficient (Wildman–Crippen LogP) is 3.24. The monoisotopic (exact) mass is 299 g/mol. The van der Waals surface area contributed by atoms with Crippen molar-refractivity contribution in [1.29, 1.82) is 0 Å². The average Bonchev–Trinajstić information content (AvgIpc) is 2.32. The Bertz CT molecular complexity index is 442. The summed E-state index contributed by atoms with van der Waals surface area (Å²) in [6.07, 6.45) is 1.99. The lowest BCUT2D eigenvalue weighted by Gasteiger charge is -2.20. The molecule has 0 saturated carbocycles. The Morgan fingerprint density at radius 3 is 2.53 bits per heavy atom. The quantitative estimate of drug-likeness (QED) is 0.496. The van der Waals surface area contributed by atoms with Gasteiger partial charge in [-0.05, 0) is 39.2 Å². The Labute approximate surface area is 124 Å². The first-order valence-electron chi connectivity index (χ1n) is 6.08. The van der Waals surface area contributed by atoms with E-state index in [0.717, 1.165) is 16.2 Å². The van der Waals surface area contributed by atoms with Crippen molar-refractivity contribution < 1.29 is 9.47 Å². The fraction of sp³-hybridized carbons (Fsp3) is 0.500. The molecule has 0 unspecified atom stereocenters. The highest BCUT2D eigenvalue weighted by Gasteiger charge is 2.13. The Morgan fingerprint density at radius 1 is 1.32 bits per heavy atom. The second-order valence-corrected chi connectivity index (χ2v) is 6.29. The predicted molar refractivity (Wildman–Crippen MR) is 85.3 cm³/mol. The highest BCUT2D eigenvalue weighted by molar-refractivity contribution is 7.98. The molecule has 0 heterocycles. The van der Waals surface area contributed by atoms with Crippen molar-refractivity contribution in [3.05, 3.63) is 23.8 Å². The van der Waals surface area contributed by atoms with Gasteiger partial charge in [0.25, 0.3) is 0 Å². The first kappa shape index (κ1) is 16.3. The van der Waals surface area contributed by atoms with E-state index < -0.39 is 0 Å². The van der Waals surface area contributed by atoms with Crippen molar-refractivity contribution in [3.63, 3.8) is 0 Å². The zero-order valence-corrected chi connectivity index (χ0v) is 13.5. The zero-order chi connectivity index (χ0) is 14.5. The van der Waals surface area contributed by atoms with E-state index in [2.05, 4.69) is 0 Å². The molecular weight excluding hydrogens is 278 g/mol. The molecule has 2 N–H and O–H groups in total. The molecule has 0 amide bonds. The molecule has 0 spiro atoms. The lowest BCUT2D eigenvalue weighted by Crippen LogP contribution is -2.23. The van der Waals surface area contributed by atoms with E-state index in [4.69, 9.17) is 27.4 Å². The minimum atomic E-state index is -0.156. The average molecular weight is 299 g/mol. The van der Waals surface area contributed by atoms with Gasteiger partial charge in [0.15, 0.2) is 0 Å². The minimum Gasteiger partial charge on any atom is -0.490 e. The molecule has 0 fully saturated rings. The summed E-state index contributed by atoms with van der Waals surface area (Å²) in [5.41, 5.74) is 6.42. The molecule has 0 aliphatic heterocycles. The number of nitrogens with two attached hydrogens (primary N) is 1. The van der Waals surface area contributed by atoms with Crippen molar-refractivity contribution in [3.8, 4) is 5.75 Å². The van der Waals surface area contributed by atoms with Gasteiger partial charge in [0.05, 0.1) is 17.8 Å². The minimum absolute atomic E-state index is 0.156. The van der Waals surface area contributed by atoms with Gasteiger partial charge in [0.2, 0.25) is 0 Å².